The average Bonchev–Trinajstić information content (AvgIpc) is 2.83. The summed E-state index contributed by atoms with van der Waals surface area (Å²) in [5, 5.41) is 18.8. The zero-order valence-electron chi connectivity index (χ0n) is 19.0. The van der Waals surface area contributed by atoms with Gasteiger partial charge in [0.15, 0.2) is 0 Å². The highest BCUT2D eigenvalue weighted by atomic mass is 16.5. The topological polar surface area (TPSA) is 91.2 Å². The van der Waals surface area contributed by atoms with E-state index >= 15 is 0 Å². The molecule has 0 spiro atoms. The van der Waals surface area contributed by atoms with Gasteiger partial charge in [-0.1, -0.05) is 19.1 Å². The molecule has 4 rings (SSSR count). The Morgan fingerprint density at radius 3 is 2.61 bits per heavy atom. The summed E-state index contributed by atoms with van der Waals surface area (Å²) in [6, 6.07) is 12.9. The molecule has 7 nitrogen and oxygen atoms in total. The van der Waals surface area contributed by atoms with Crippen LogP contribution in [-0.2, 0) is 11.2 Å². The Kier molecular flexibility index (Phi) is 7.27. The molecular weight excluding hydrogens is 418 g/mol. The second kappa shape index (κ2) is 10.5. The van der Waals surface area contributed by atoms with Crippen LogP contribution in [0.25, 0.3) is 0 Å². The molecule has 174 valence electrons. The van der Waals surface area contributed by atoms with Crippen molar-refractivity contribution < 1.29 is 19.4 Å². The predicted molar refractivity (Wildman–Crippen MR) is 128 cm³/mol. The molecule has 1 saturated heterocycles. The van der Waals surface area contributed by atoms with Gasteiger partial charge >= 0.3 is 5.97 Å². The lowest BCUT2D eigenvalue weighted by Gasteiger charge is -2.32. The van der Waals surface area contributed by atoms with Crippen LogP contribution >= 0.6 is 0 Å². The minimum atomic E-state index is -0.820. The van der Waals surface area contributed by atoms with Gasteiger partial charge < -0.3 is 15.2 Å². The summed E-state index contributed by atoms with van der Waals surface area (Å²) in [5.41, 5.74) is 3.11. The van der Waals surface area contributed by atoms with Crippen molar-refractivity contribution in [3.63, 3.8) is 0 Å². The molecule has 2 aliphatic rings. The lowest BCUT2D eigenvalue weighted by Crippen LogP contribution is -2.34. The Balaban J connectivity index is 1.39. The number of carboxylic acids is 1. The number of nitrogens with zero attached hydrogens (tertiary/aromatic N) is 2. The third-order valence-electron chi connectivity index (χ3n) is 6.32. The molecule has 2 aromatic rings. The first kappa shape index (κ1) is 22.8. The number of amides is 1. The van der Waals surface area contributed by atoms with E-state index in [0.29, 0.717) is 17.7 Å². The molecule has 0 aliphatic carbocycles. The van der Waals surface area contributed by atoms with Gasteiger partial charge in [0.2, 0.25) is 0 Å². The highest BCUT2D eigenvalue weighted by Gasteiger charge is 2.30. The van der Waals surface area contributed by atoms with E-state index in [2.05, 4.69) is 15.4 Å². The number of benzene rings is 2. The summed E-state index contributed by atoms with van der Waals surface area (Å²) < 4.78 is 6.03. The molecule has 2 N–H and O–H groups in total. The molecule has 0 bridgehead atoms. The van der Waals surface area contributed by atoms with Crippen LogP contribution < -0.4 is 10.1 Å². The summed E-state index contributed by atoms with van der Waals surface area (Å²) >= 11 is 0. The van der Waals surface area contributed by atoms with Gasteiger partial charge in [0.25, 0.3) is 5.91 Å². The lowest BCUT2D eigenvalue weighted by molar-refractivity contribution is -0.139. The van der Waals surface area contributed by atoms with Crippen molar-refractivity contribution in [3.05, 3.63) is 59.2 Å². The number of nitrogens with one attached hydrogen (secondary N) is 1. The van der Waals surface area contributed by atoms with E-state index < -0.39 is 5.97 Å². The van der Waals surface area contributed by atoms with E-state index in [-0.39, 0.29) is 24.3 Å². The second-order valence-corrected chi connectivity index (χ2v) is 8.78. The number of piperidine rings is 1. The Bertz CT molecular complexity index is 1010. The summed E-state index contributed by atoms with van der Waals surface area (Å²) in [4.78, 5) is 24.0. The smallest absolute Gasteiger partial charge is 0.303 e. The van der Waals surface area contributed by atoms with E-state index in [1.807, 2.05) is 43.5 Å². The van der Waals surface area contributed by atoms with Crippen molar-refractivity contribution in [1.29, 1.82) is 0 Å². The highest BCUT2D eigenvalue weighted by Crippen LogP contribution is 2.35. The number of carbonyl (C=O) groups is 2. The van der Waals surface area contributed by atoms with E-state index in [0.717, 1.165) is 36.4 Å². The molecule has 0 radical (unpaired) electrons. The van der Waals surface area contributed by atoms with Gasteiger partial charge in [-0.3, -0.25) is 14.6 Å². The van der Waals surface area contributed by atoms with Gasteiger partial charge in [-0.2, -0.15) is 5.10 Å². The normalized spacial score (nSPS) is 20.2. The molecular formula is C26H31N3O4. The van der Waals surface area contributed by atoms with Crippen molar-refractivity contribution in [2.24, 2.45) is 11.0 Å². The third-order valence-corrected chi connectivity index (χ3v) is 6.32. The quantitative estimate of drug-likeness (QED) is 0.605. The Labute approximate surface area is 194 Å². The number of aliphatic carboxylic acids is 1. The largest absolute Gasteiger partial charge is 0.490 e. The van der Waals surface area contributed by atoms with Crippen LogP contribution in [0.1, 0.15) is 60.5 Å². The molecule has 2 atom stereocenters. The maximum Gasteiger partial charge on any atom is 0.303 e. The van der Waals surface area contributed by atoms with Crippen LogP contribution in [0.3, 0.4) is 0 Å². The van der Waals surface area contributed by atoms with E-state index in [9.17, 15) is 14.7 Å². The molecule has 2 aromatic carbocycles. The molecule has 2 aliphatic heterocycles. The van der Waals surface area contributed by atoms with Gasteiger partial charge in [-0.05, 0) is 73.6 Å². The number of ether oxygens (including phenoxy) is 1. The van der Waals surface area contributed by atoms with Crippen molar-refractivity contribution >= 4 is 23.8 Å². The van der Waals surface area contributed by atoms with Crippen LogP contribution in [0.15, 0.2) is 47.6 Å². The van der Waals surface area contributed by atoms with Gasteiger partial charge in [0, 0.05) is 30.3 Å². The molecule has 0 saturated carbocycles. The Hall–Kier alpha value is -3.35. The van der Waals surface area contributed by atoms with Crippen LogP contribution in [0.2, 0.25) is 0 Å². The SMILES string of the molecule is CCC1Oc2ccc(NC(=O)c3ccc(C=NN4CCCCC4)cc3)cc2CC1CC(=O)O. The molecule has 0 aromatic heterocycles. The Morgan fingerprint density at radius 1 is 1.15 bits per heavy atom. The summed E-state index contributed by atoms with van der Waals surface area (Å²) in [5.74, 6) is -0.331. The van der Waals surface area contributed by atoms with Crippen LogP contribution in [-0.4, -0.2) is 47.4 Å². The van der Waals surface area contributed by atoms with E-state index in [1.165, 1.54) is 19.3 Å². The fraction of sp³-hybridized carbons (Fsp3) is 0.423. The van der Waals surface area contributed by atoms with Gasteiger partial charge in [-0.15, -0.1) is 0 Å². The van der Waals surface area contributed by atoms with Crippen LogP contribution in [0.4, 0.5) is 5.69 Å². The van der Waals surface area contributed by atoms with Crippen molar-refractivity contribution in [2.45, 2.75) is 51.6 Å². The highest BCUT2D eigenvalue weighted by molar-refractivity contribution is 6.04. The molecule has 1 amide bonds. The fourth-order valence-corrected chi connectivity index (χ4v) is 4.51. The maximum absolute atomic E-state index is 12.7. The molecule has 33 heavy (non-hydrogen) atoms. The molecule has 1 fully saturated rings. The van der Waals surface area contributed by atoms with E-state index in [4.69, 9.17) is 4.74 Å². The van der Waals surface area contributed by atoms with Crippen molar-refractivity contribution in [1.82, 2.24) is 5.01 Å². The first-order valence-corrected chi connectivity index (χ1v) is 11.7. The first-order chi connectivity index (χ1) is 16.0. The number of carboxylic acid groups (broad SMARTS) is 1. The summed E-state index contributed by atoms with van der Waals surface area (Å²) in [7, 11) is 0. The zero-order valence-corrected chi connectivity index (χ0v) is 19.0. The number of carbonyl (C=O) groups excluding carboxylic acids is 1. The standard InChI is InChI=1S/C26H31N3O4/c1-2-23-21(16-25(30)31)14-20-15-22(10-11-24(20)33-23)28-26(32)19-8-6-18(7-9-19)17-27-29-12-4-3-5-13-29/h6-11,15,17,21,23H,2-5,12-14,16H2,1H3,(H,28,32)(H,30,31). The van der Waals surface area contributed by atoms with Crippen LogP contribution in [0, 0.1) is 5.92 Å². The Morgan fingerprint density at radius 2 is 1.91 bits per heavy atom. The fourth-order valence-electron chi connectivity index (χ4n) is 4.51. The van der Waals surface area contributed by atoms with Crippen molar-refractivity contribution in [3.8, 4) is 5.75 Å². The average molecular weight is 450 g/mol. The van der Waals surface area contributed by atoms with Gasteiger partial charge in [0.05, 0.1) is 12.6 Å². The summed E-state index contributed by atoms with van der Waals surface area (Å²) in [6.07, 6.45) is 6.83. The second-order valence-electron chi connectivity index (χ2n) is 8.78. The number of anilines is 1. The zero-order chi connectivity index (χ0) is 23.2. The summed E-state index contributed by atoms with van der Waals surface area (Å²) in [6.45, 7) is 4.00. The molecule has 2 heterocycles. The predicted octanol–water partition coefficient (Wildman–Crippen LogP) is 4.56. The maximum atomic E-state index is 12.7. The van der Waals surface area contributed by atoms with Crippen molar-refractivity contribution in [2.75, 3.05) is 18.4 Å². The number of rotatable bonds is 7. The molecule has 2 unspecified atom stereocenters. The van der Waals surface area contributed by atoms with Crippen LogP contribution in [0.5, 0.6) is 5.75 Å². The molecule has 7 heteroatoms. The number of fused-ring (bicyclic) bond motifs is 1. The number of hydrogen-bond acceptors (Lipinski definition) is 5. The minimum Gasteiger partial charge on any atom is -0.490 e. The van der Waals surface area contributed by atoms with Gasteiger partial charge in [0.1, 0.15) is 11.9 Å². The number of hydrazone groups is 1. The monoisotopic (exact) mass is 449 g/mol. The number of hydrogen-bond donors (Lipinski definition) is 2. The minimum absolute atomic E-state index is 0.0714. The first-order valence-electron chi connectivity index (χ1n) is 11.7. The lowest BCUT2D eigenvalue weighted by atomic mass is 9.87. The van der Waals surface area contributed by atoms with E-state index in [1.54, 1.807) is 12.1 Å². The third kappa shape index (κ3) is 5.92. The van der Waals surface area contributed by atoms with Gasteiger partial charge in [-0.25, -0.2) is 0 Å².